The molecule has 1 heterocycles. The number of Topliss-reactive ketones (excluding diaryl/α,β-unsaturated/α-hetero) is 1. The lowest BCUT2D eigenvalue weighted by molar-refractivity contribution is -0.140. The van der Waals surface area contributed by atoms with E-state index in [0.29, 0.717) is 24.3 Å². The summed E-state index contributed by atoms with van der Waals surface area (Å²) in [6, 6.07) is 15.0. The van der Waals surface area contributed by atoms with E-state index in [-0.39, 0.29) is 24.5 Å². The minimum Gasteiger partial charge on any atom is -0.507 e. The van der Waals surface area contributed by atoms with Crippen LogP contribution in [0.2, 0.25) is 0 Å². The smallest absolute Gasteiger partial charge is 0.295 e. The quantitative estimate of drug-likeness (QED) is 0.312. The Labute approximate surface area is 169 Å². The lowest BCUT2D eigenvalue weighted by Crippen LogP contribution is -2.31. The van der Waals surface area contributed by atoms with Crippen molar-refractivity contribution in [1.82, 2.24) is 4.90 Å². The highest BCUT2D eigenvalue weighted by Crippen LogP contribution is 2.39. The van der Waals surface area contributed by atoms with E-state index in [1.807, 2.05) is 30.3 Å². The normalized spacial score (nSPS) is 18.1. The molecule has 150 valence electrons. The maximum Gasteiger partial charge on any atom is 0.295 e. The molecule has 0 aromatic heterocycles. The number of likely N-dealkylation sites (tertiary alicyclic amines) is 1. The molecule has 1 aliphatic rings. The van der Waals surface area contributed by atoms with Crippen molar-refractivity contribution < 1.29 is 24.5 Å². The van der Waals surface area contributed by atoms with Gasteiger partial charge < -0.3 is 19.8 Å². The average molecular weight is 393 g/mol. The van der Waals surface area contributed by atoms with Gasteiger partial charge in [0.25, 0.3) is 11.7 Å². The van der Waals surface area contributed by atoms with Crippen molar-refractivity contribution in [2.75, 3.05) is 19.8 Å². The van der Waals surface area contributed by atoms with E-state index in [9.17, 15) is 19.8 Å². The monoisotopic (exact) mass is 393 g/mol. The van der Waals surface area contributed by atoms with Gasteiger partial charge >= 0.3 is 0 Å². The third kappa shape index (κ3) is 4.22. The Morgan fingerprint density at radius 3 is 2.41 bits per heavy atom. The highest BCUT2D eigenvalue weighted by molar-refractivity contribution is 6.46. The van der Waals surface area contributed by atoms with Gasteiger partial charge in [-0.05, 0) is 36.2 Å². The van der Waals surface area contributed by atoms with Crippen LogP contribution in [0.1, 0.15) is 23.6 Å². The molecule has 0 saturated carbocycles. The molecule has 6 nitrogen and oxygen atoms in total. The zero-order valence-corrected chi connectivity index (χ0v) is 16.0. The van der Waals surface area contributed by atoms with Crippen LogP contribution in [0.5, 0.6) is 5.75 Å². The molecule has 2 N–H and O–H groups in total. The first-order valence-electron chi connectivity index (χ1n) is 9.36. The van der Waals surface area contributed by atoms with Gasteiger partial charge in [-0.15, -0.1) is 0 Å². The molecule has 0 aliphatic carbocycles. The molecule has 0 bridgehead atoms. The number of ether oxygens (including phenoxy) is 1. The zero-order valence-electron chi connectivity index (χ0n) is 16.0. The largest absolute Gasteiger partial charge is 0.507 e. The summed E-state index contributed by atoms with van der Waals surface area (Å²) in [5.41, 5.74) is 1.17. The number of carbonyl (C=O) groups is 2. The number of hydrogen-bond donors (Lipinski definition) is 2. The van der Waals surface area contributed by atoms with Gasteiger partial charge in [0.2, 0.25) is 0 Å². The van der Waals surface area contributed by atoms with Gasteiger partial charge in [-0.3, -0.25) is 9.59 Å². The molecule has 2 aromatic rings. The number of hydrogen-bond acceptors (Lipinski definition) is 5. The van der Waals surface area contributed by atoms with Crippen LogP contribution in [-0.2, 0) is 9.59 Å². The van der Waals surface area contributed by atoms with Crippen LogP contribution < -0.4 is 4.74 Å². The second kappa shape index (κ2) is 9.21. The zero-order chi connectivity index (χ0) is 20.8. The van der Waals surface area contributed by atoms with Crippen molar-refractivity contribution in [2.45, 2.75) is 12.5 Å². The Kier molecular flexibility index (Phi) is 6.46. The Bertz CT molecular complexity index is 918. The fourth-order valence-electron chi connectivity index (χ4n) is 3.35. The number of nitrogens with zero attached hydrogens (tertiary/aromatic N) is 1. The molecule has 29 heavy (non-hydrogen) atoms. The van der Waals surface area contributed by atoms with Crippen LogP contribution in [0, 0.1) is 0 Å². The lowest BCUT2D eigenvalue weighted by Gasteiger charge is -2.25. The number of rotatable bonds is 8. The van der Waals surface area contributed by atoms with Crippen LogP contribution in [0.3, 0.4) is 0 Å². The Balaban J connectivity index is 2.04. The molecule has 0 spiro atoms. The summed E-state index contributed by atoms with van der Waals surface area (Å²) < 4.78 is 5.44. The number of amides is 1. The highest BCUT2D eigenvalue weighted by Gasteiger charge is 2.45. The summed E-state index contributed by atoms with van der Waals surface area (Å²) in [4.78, 5) is 26.8. The van der Waals surface area contributed by atoms with E-state index in [0.717, 1.165) is 5.56 Å². The maximum atomic E-state index is 12.8. The molecule has 3 rings (SSSR count). The second-order valence-electron chi connectivity index (χ2n) is 6.60. The Morgan fingerprint density at radius 2 is 1.79 bits per heavy atom. The minimum absolute atomic E-state index is 0.0406. The van der Waals surface area contributed by atoms with Crippen molar-refractivity contribution in [3.63, 3.8) is 0 Å². The Morgan fingerprint density at radius 1 is 1.10 bits per heavy atom. The summed E-state index contributed by atoms with van der Waals surface area (Å²) in [6.45, 7) is 4.06. The third-order valence-corrected chi connectivity index (χ3v) is 4.71. The van der Waals surface area contributed by atoms with Gasteiger partial charge in [-0.25, -0.2) is 0 Å². The van der Waals surface area contributed by atoms with Crippen molar-refractivity contribution in [1.29, 1.82) is 0 Å². The molecule has 1 fully saturated rings. The predicted molar refractivity (Wildman–Crippen MR) is 109 cm³/mol. The summed E-state index contributed by atoms with van der Waals surface area (Å²) >= 11 is 0. The number of aliphatic hydroxyl groups is 2. The number of carbonyl (C=O) groups excluding carboxylic acids is 2. The minimum atomic E-state index is -0.735. The van der Waals surface area contributed by atoms with Crippen LogP contribution in [0.15, 0.2) is 72.8 Å². The van der Waals surface area contributed by atoms with Crippen LogP contribution in [0.4, 0.5) is 0 Å². The first-order chi connectivity index (χ1) is 14.1. The van der Waals surface area contributed by atoms with Crippen molar-refractivity contribution >= 4 is 17.4 Å². The van der Waals surface area contributed by atoms with Gasteiger partial charge in [0.15, 0.2) is 0 Å². The van der Waals surface area contributed by atoms with Crippen LogP contribution >= 0.6 is 0 Å². The average Bonchev–Trinajstić information content (AvgIpc) is 3.01. The van der Waals surface area contributed by atoms with E-state index in [1.54, 1.807) is 30.3 Å². The van der Waals surface area contributed by atoms with Crippen molar-refractivity contribution in [3.8, 4) is 5.75 Å². The molecule has 0 unspecified atom stereocenters. The number of aliphatic hydroxyl groups excluding tert-OH is 2. The molecule has 1 saturated heterocycles. The third-order valence-electron chi connectivity index (χ3n) is 4.71. The predicted octanol–water partition coefficient (Wildman–Crippen LogP) is 3.06. The Hall–Kier alpha value is -3.38. The van der Waals surface area contributed by atoms with E-state index in [1.165, 1.54) is 4.90 Å². The molecular weight excluding hydrogens is 370 g/mol. The molecule has 6 heteroatoms. The summed E-state index contributed by atoms with van der Waals surface area (Å²) in [5, 5.41) is 20.1. The van der Waals surface area contributed by atoms with E-state index < -0.39 is 17.7 Å². The summed E-state index contributed by atoms with van der Waals surface area (Å²) in [6.07, 6.45) is 1.97. The van der Waals surface area contributed by atoms with E-state index in [2.05, 4.69) is 6.58 Å². The van der Waals surface area contributed by atoms with Gasteiger partial charge in [-0.1, -0.05) is 43.0 Å². The van der Waals surface area contributed by atoms with Crippen LogP contribution in [0.25, 0.3) is 5.76 Å². The SMILES string of the molecule is C=CCOc1ccc(C(O)=C2C(=O)C(=O)N(CCCO)[C@H]2c2ccccc2)cc1. The first kappa shape index (κ1) is 20.4. The van der Waals surface area contributed by atoms with E-state index >= 15 is 0 Å². The van der Waals surface area contributed by atoms with Crippen molar-refractivity contribution in [2.24, 2.45) is 0 Å². The number of ketones is 1. The lowest BCUT2D eigenvalue weighted by atomic mass is 9.95. The van der Waals surface area contributed by atoms with Crippen molar-refractivity contribution in [3.05, 3.63) is 84.0 Å². The summed E-state index contributed by atoms with van der Waals surface area (Å²) in [5.74, 6) is -1.05. The molecule has 1 aliphatic heterocycles. The topological polar surface area (TPSA) is 87.1 Å². The number of benzene rings is 2. The van der Waals surface area contributed by atoms with Gasteiger partial charge in [-0.2, -0.15) is 0 Å². The fraction of sp³-hybridized carbons (Fsp3) is 0.217. The fourth-order valence-corrected chi connectivity index (χ4v) is 3.35. The molecule has 2 aromatic carbocycles. The molecule has 1 amide bonds. The van der Waals surface area contributed by atoms with Gasteiger partial charge in [0, 0.05) is 18.7 Å². The molecular formula is C23H23NO5. The molecule has 1 atom stereocenters. The van der Waals surface area contributed by atoms with Crippen LogP contribution in [-0.4, -0.2) is 46.6 Å². The summed E-state index contributed by atoms with van der Waals surface area (Å²) in [7, 11) is 0. The first-order valence-corrected chi connectivity index (χ1v) is 9.36. The maximum absolute atomic E-state index is 12.8. The van der Waals surface area contributed by atoms with Gasteiger partial charge in [0.05, 0.1) is 11.6 Å². The highest BCUT2D eigenvalue weighted by atomic mass is 16.5. The second-order valence-corrected chi connectivity index (χ2v) is 6.60. The standard InChI is InChI=1S/C23H23NO5/c1-2-15-29-18-11-9-17(10-12-18)21(26)19-20(16-7-4-3-5-8-16)24(13-6-14-25)23(28)22(19)27/h2-5,7-12,20,25-26H,1,6,13-15H2/t20-/m0/s1. The van der Waals surface area contributed by atoms with Gasteiger partial charge in [0.1, 0.15) is 18.1 Å². The van der Waals surface area contributed by atoms with E-state index in [4.69, 9.17) is 4.74 Å². The molecule has 0 radical (unpaired) electrons.